The van der Waals surface area contributed by atoms with Crippen molar-refractivity contribution in [3.8, 4) is 0 Å². The summed E-state index contributed by atoms with van der Waals surface area (Å²) in [6.07, 6.45) is 7.41. The van der Waals surface area contributed by atoms with Crippen LogP contribution in [0.3, 0.4) is 0 Å². The Morgan fingerprint density at radius 3 is 2.84 bits per heavy atom. The van der Waals surface area contributed by atoms with E-state index in [4.69, 9.17) is 0 Å². The molecule has 1 aromatic rings. The van der Waals surface area contributed by atoms with Crippen LogP contribution in [0.4, 0.5) is 0 Å². The topological polar surface area (TPSA) is 33.1 Å². The van der Waals surface area contributed by atoms with Crippen molar-refractivity contribution in [3.05, 3.63) is 18.0 Å². The number of aromatic nitrogens is 2. The third-order valence-electron chi connectivity index (χ3n) is 4.79. The zero-order chi connectivity index (χ0) is 13.1. The molecule has 3 rings (SSSR count). The second-order valence-electron chi connectivity index (χ2n) is 5.95. The number of piperidine rings is 1. The molecule has 4 heteroatoms. The van der Waals surface area contributed by atoms with Gasteiger partial charge in [-0.25, -0.2) is 0 Å². The van der Waals surface area contributed by atoms with E-state index in [1.54, 1.807) is 0 Å². The maximum Gasteiger partial charge on any atom is 0.0524 e. The summed E-state index contributed by atoms with van der Waals surface area (Å²) in [5.41, 5.74) is 1.36. The number of nitrogens with zero attached hydrogens (tertiary/aromatic N) is 3. The van der Waals surface area contributed by atoms with Crippen molar-refractivity contribution in [3.63, 3.8) is 0 Å². The van der Waals surface area contributed by atoms with Gasteiger partial charge in [-0.15, -0.1) is 0 Å². The fraction of sp³-hybridized carbons (Fsp3) is 0.800. The molecule has 0 spiro atoms. The van der Waals surface area contributed by atoms with Gasteiger partial charge in [-0.1, -0.05) is 0 Å². The molecule has 106 valence electrons. The summed E-state index contributed by atoms with van der Waals surface area (Å²) in [6.45, 7) is 7.94. The van der Waals surface area contributed by atoms with E-state index in [2.05, 4.69) is 33.0 Å². The molecule has 3 heterocycles. The summed E-state index contributed by atoms with van der Waals surface area (Å²) in [5, 5.41) is 8.03. The van der Waals surface area contributed by atoms with Crippen LogP contribution in [0, 0.1) is 5.92 Å². The molecule has 19 heavy (non-hydrogen) atoms. The summed E-state index contributed by atoms with van der Waals surface area (Å²) in [6, 6.07) is 2.97. The Labute approximate surface area is 116 Å². The monoisotopic (exact) mass is 262 g/mol. The lowest BCUT2D eigenvalue weighted by Gasteiger charge is -2.34. The third-order valence-corrected chi connectivity index (χ3v) is 4.79. The van der Waals surface area contributed by atoms with Gasteiger partial charge in [0, 0.05) is 25.3 Å². The lowest BCUT2D eigenvalue weighted by Crippen LogP contribution is -2.40. The van der Waals surface area contributed by atoms with Gasteiger partial charge in [0.15, 0.2) is 0 Å². The summed E-state index contributed by atoms with van der Waals surface area (Å²) in [7, 11) is 0. The minimum Gasteiger partial charge on any atom is -0.314 e. The van der Waals surface area contributed by atoms with Crippen molar-refractivity contribution in [2.45, 2.75) is 51.7 Å². The molecule has 0 radical (unpaired) electrons. The van der Waals surface area contributed by atoms with Crippen molar-refractivity contribution in [1.82, 2.24) is 20.0 Å². The molecule has 2 aliphatic heterocycles. The first-order chi connectivity index (χ1) is 9.36. The van der Waals surface area contributed by atoms with Crippen LogP contribution < -0.4 is 5.32 Å². The number of hydrogen-bond acceptors (Lipinski definition) is 3. The van der Waals surface area contributed by atoms with E-state index in [0.29, 0.717) is 0 Å². The van der Waals surface area contributed by atoms with E-state index in [-0.39, 0.29) is 0 Å². The predicted octanol–water partition coefficient (Wildman–Crippen LogP) is 1.87. The highest BCUT2D eigenvalue weighted by Crippen LogP contribution is 2.26. The van der Waals surface area contributed by atoms with Gasteiger partial charge in [-0.3, -0.25) is 9.58 Å². The van der Waals surface area contributed by atoms with Crippen molar-refractivity contribution >= 4 is 0 Å². The van der Waals surface area contributed by atoms with E-state index in [0.717, 1.165) is 25.0 Å². The summed E-state index contributed by atoms with van der Waals surface area (Å²) in [5.74, 6) is 0.912. The molecule has 2 saturated heterocycles. The van der Waals surface area contributed by atoms with Crippen LogP contribution in [0.5, 0.6) is 0 Å². The Hall–Kier alpha value is -0.870. The first kappa shape index (κ1) is 13.1. The van der Waals surface area contributed by atoms with E-state index in [1.165, 1.54) is 51.0 Å². The van der Waals surface area contributed by atoms with Gasteiger partial charge in [0.2, 0.25) is 0 Å². The molecule has 1 unspecified atom stereocenters. The van der Waals surface area contributed by atoms with Crippen LogP contribution in [0.2, 0.25) is 0 Å². The largest absolute Gasteiger partial charge is 0.314 e. The highest BCUT2D eigenvalue weighted by Gasteiger charge is 2.28. The zero-order valence-electron chi connectivity index (χ0n) is 12.0. The Morgan fingerprint density at radius 1 is 1.32 bits per heavy atom. The Balaban J connectivity index is 1.50. The molecule has 1 atom stereocenters. The first-order valence-electron chi connectivity index (χ1n) is 7.83. The van der Waals surface area contributed by atoms with Gasteiger partial charge < -0.3 is 5.32 Å². The number of nitrogens with one attached hydrogen (secondary N) is 1. The second kappa shape index (κ2) is 6.06. The molecular formula is C15H26N4. The van der Waals surface area contributed by atoms with Crippen LogP contribution >= 0.6 is 0 Å². The minimum atomic E-state index is 0.809. The van der Waals surface area contributed by atoms with Crippen LogP contribution in [0.1, 0.15) is 38.3 Å². The molecule has 1 aromatic heterocycles. The lowest BCUT2D eigenvalue weighted by atomic mass is 9.88. The molecule has 0 aromatic carbocycles. The smallest absolute Gasteiger partial charge is 0.0524 e. The number of likely N-dealkylation sites (tertiary alicyclic amines) is 1. The first-order valence-corrected chi connectivity index (χ1v) is 7.83. The molecule has 0 aliphatic carbocycles. The summed E-state index contributed by atoms with van der Waals surface area (Å²) < 4.78 is 2.12. The Bertz CT molecular complexity index is 387. The zero-order valence-corrected chi connectivity index (χ0v) is 12.0. The van der Waals surface area contributed by atoms with Gasteiger partial charge in [0.25, 0.3) is 0 Å². The molecule has 4 nitrogen and oxygen atoms in total. The highest BCUT2D eigenvalue weighted by atomic mass is 15.3. The fourth-order valence-corrected chi connectivity index (χ4v) is 3.64. The predicted molar refractivity (Wildman–Crippen MR) is 76.9 cm³/mol. The summed E-state index contributed by atoms with van der Waals surface area (Å²) >= 11 is 0. The van der Waals surface area contributed by atoms with E-state index in [1.807, 2.05) is 6.20 Å². The molecule has 0 saturated carbocycles. The van der Waals surface area contributed by atoms with Crippen molar-refractivity contribution in [2.24, 2.45) is 5.92 Å². The van der Waals surface area contributed by atoms with Gasteiger partial charge in [0.1, 0.15) is 0 Å². The summed E-state index contributed by atoms with van der Waals surface area (Å²) in [4.78, 5) is 2.59. The quantitative estimate of drug-likeness (QED) is 0.899. The van der Waals surface area contributed by atoms with Crippen molar-refractivity contribution in [2.75, 3.05) is 19.6 Å². The average Bonchev–Trinajstić information content (AvgIpc) is 3.10. The van der Waals surface area contributed by atoms with Crippen molar-refractivity contribution in [1.29, 1.82) is 0 Å². The van der Waals surface area contributed by atoms with Crippen molar-refractivity contribution < 1.29 is 0 Å². The normalized spacial score (nSPS) is 26.1. The number of hydrogen-bond donors (Lipinski definition) is 1. The SMILES string of the molecule is CCn1nccc1CN1CCC(C2CCCN2)CC1. The van der Waals surface area contributed by atoms with E-state index in [9.17, 15) is 0 Å². The molecule has 1 N–H and O–H groups in total. The van der Waals surface area contributed by atoms with Crippen LogP contribution in [0.25, 0.3) is 0 Å². The molecule has 2 fully saturated rings. The lowest BCUT2D eigenvalue weighted by molar-refractivity contribution is 0.154. The second-order valence-corrected chi connectivity index (χ2v) is 5.95. The molecule has 0 amide bonds. The third kappa shape index (κ3) is 3.00. The highest BCUT2D eigenvalue weighted by molar-refractivity contribution is 5.00. The molecular weight excluding hydrogens is 236 g/mol. The maximum atomic E-state index is 4.36. The van der Waals surface area contributed by atoms with Crippen LogP contribution in [-0.4, -0.2) is 40.4 Å². The van der Waals surface area contributed by atoms with E-state index >= 15 is 0 Å². The fourth-order valence-electron chi connectivity index (χ4n) is 3.64. The van der Waals surface area contributed by atoms with Gasteiger partial charge in [-0.05, 0) is 64.2 Å². The average molecular weight is 262 g/mol. The van der Waals surface area contributed by atoms with Crippen LogP contribution in [-0.2, 0) is 13.1 Å². The standard InChI is InChI=1S/C15H26N4/c1-2-19-14(5-9-17-19)12-18-10-6-13(7-11-18)15-4-3-8-16-15/h5,9,13,15-16H,2-4,6-8,10-12H2,1H3. The van der Waals surface area contributed by atoms with Gasteiger partial charge in [0.05, 0.1) is 5.69 Å². The Morgan fingerprint density at radius 2 is 2.16 bits per heavy atom. The minimum absolute atomic E-state index is 0.809. The Kier molecular flexibility index (Phi) is 4.18. The molecule has 0 bridgehead atoms. The number of rotatable bonds is 4. The molecule has 2 aliphatic rings. The van der Waals surface area contributed by atoms with E-state index < -0.39 is 0 Å². The number of aryl methyl sites for hydroxylation is 1. The van der Waals surface area contributed by atoms with Gasteiger partial charge in [-0.2, -0.15) is 5.10 Å². The van der Waals surface area contributed by atoms with Gasteiger partial charge >= 0.3 is 0 Å². The maximum absolute atomic E-state index is 4.36. The van der Waals surface area contributed by atoms with Crippen LogP contribution in [0.15, 0.2) is 12.3 Å².